The van der Waals surface area contributed by atoms with Crippen molar-refractivity contribution in [3.05, 3.63) is 72.1 Å². The second-order valence-corrected chi connectivity index (χ2v) is 6.00. The Hall–Kier alpha value is -2.48. The van der Waals surface area contributed by atoms with Crippen LogP contribution in [0.4, 0.5) is 0 Å². The molecule has 0 N–H and O–H groups in total. The number of hydrogen-bond acceptors (Lipinski definition) is 2. The molecule has 0 unspecified atom stereocenters. The molecule has 0 aliphatic heterocycles. The van der Waals surface area contributed by atoms with E-state index in [-0.39, 0.29) is 5.41 Å². The van der Waals surface area contributed by atoms with Crippen LogP contribution in [0.2, 0.25) is 0 Å². The lowest BCUT2D eigenvalue weighted by Crippen LogP contribution is -2.14. The average Bonchev–Trinajstić information content (AvgIpc) is 2.77. The summed E-state index contributed by atoms with van der Waals surface area (Å²) in [6.07, 6.45) is 3.57. The number of hydrogen-bond donors (Lipinski definition) is 0. The predicted octanol–water partition coefficient (Wildman–Crippen LogP) is 4.45. The Morgan fingerprint density at radius 1 is 0.762 bits per heavy atom. The Bertz CT molecular complexity index is 820. The molecule has 0 amide bonds. The zero-order valence-corrected chi connectivity index (χ0v) is 12.2. The van der Waals surface area contributed by atoms with Gasteiger partial charge in [-0.3, -0.25) is 0 Å². The molecule has 0 atom stereocenters. The topological polar surface area (TPSA) is 25.8 Å². The molecule has 21 heavy (non-hydrogen) atoms. The number of aromatic nitrogens is 2. The number of fused-ring (bicyclic) bond motifs is 3. The highest BCUT2D eigenvalue weighted by atomic mass is 14.8. The molecule has 2 aromatic carbocycles. The van der Waals surface area contributed by atoms with E-state index in [1.807, 2.05) is 6.07 Å². The summed E-state index contributed by atoms with van der Waals surface area (Å²) >= 11 is 0. The van der Waals surface area contributed by atoms with Crippen molar-refractivity contribution in [2.75, 3.05) is 0 Å². The van der Waals surface area contributed by atoms with Gasteiger partial charge in [0, 0.05) is 23.4 Å². The van der Waals surface area contributed by atoms with E-state index in [2.05, 4.69) is 66.3 Å². The van der Waals surface area contributed by atoms with Gasteiger partial charge < -0.3 is 0 Å². The Morgan fingerprint density at radius 3 is 2.29 bits per heavy atom. The maximum absolute atomic E-state index is 4.36. The van der Waals surface area contributed by atoms with Gasteiger partial charge in [-0.05, 0) is 34.4 Å². The van der Waals surface area contributed by atoms with Crippen molar-refractivity contribution in [3.8, 4) is 22.5 Å². The quantitative estimate of drug-likeness (QED) is 0.654. The zero-order valence-electron chi connectivity index (χ0n) is 12.2. The maximum Gasteiger partial charge on any atom is 0.159 e. The van der Waals surface area contributed by atoms with Gasteiger partial charge in [-0.2, -0.15) is 0 Å². The molecule has 0 saturated heterocycles. The lowest BCUT2D eigenvalue weighted by atomic mass is 9.82. The number of rotatable bonds is 1. The van der Waals surface area contributed by atoms with E-state index in [9.17, 15) is 0 Å². The van der Waals surface area contributed by atoms with Crippen molar-refractivity contribution in [1.82, 2.24) is 9.97 Å². The molecule has 102 valence electrons. The molecule has 0 radical (unpaired) electrons. The van der Waals surface area contributed by atoms with Crippen LogP contribution in [0.1, 0.15) is 25.0 Å². The summed E-state index contributed by atoms with van der Waals surface area (Å²) in [6, 6.07) is 17.1. The average molecular weight is 272 g/mol. The molecular formula is C19H16N2. The third kappa shape index (κ3) is 1.72. The summed E-state index contributed by atoms with van der Waals surface area (Å²) in [5.74, 6) is 0.784. The largest absolute Gasteiger partial charge is 0.237 e. The van der Waals surface area contributed by atoms with Crippen molar-refractivity contribution in [2.24, 2.45) is 0 Å². The van der Waals surface area contributed by atoms with E-state index in [0.717, 1.165) is 11.4 Å². The van der Waals surface area contributed by atoms with Crippen molar-refractivity contribution in [2.45, 2.75) is 19.3 Å². The Morgan fingerprint density at radius 2 is 1.48 bits per heavy atom. The lowest BCUT2D eigenvalue weighted by Gasteiger charge is -2.21. The monoisotopic (exact) mass is 272 g/mol. The predicted molar refractivity (Wildman–Crippen MR) is 85.0 cm³/mol. The minimum Gasteiger partial charge on any atom is -0.237 e. The van der Waals surface area contributed by atoms with Gasteiger partial charge in [0.1, 0.15) is 0 Å². The minimum absolute atomic E-state index is 0.0245. The zero-order chi connectivity index (χ0) is 14.4. The smallest absolute Gasteiger partial charge is 0.159 e. The van der Waals surface area contributed by atoms with E-state index in [0.29, 0.717) is 0 Å². The fourth-order valence-electron chi connectivity index (χ4n) is 3.29. The van der Waals surface area contributed by atoms with Gasteiger partial charge in [-0.1, -0.05) is 50.2 Å². The fraction of sp³-hybridized carbons (Fsp3) is 0.158. The molecule has 1 aromatic heterocycles. The first-order valence-corrected chi connectivity index (χ1v) is 7.20. The molecule has 1 aliphatic rings. The molecule has 3 aromatic rings. The summed E-state index contributed by atoms with van der Waals surface area (Å²) in [5.41, 5.74) is 6.53. The Kier molecular flexibility index (Phi) is 2.49. The van der Waals surface area contributed by atoms with Crippen molar-refractivity contribution in [3.63, 3.8) is 0 Å². The van der Waals surface area contributed by atoms with Crippen LogP contribution in [0.25, 0.3) is 22.5 Å². The van der Waals surface area contributed by atoms with E-state index in [1.54, 1.807) is 12.4 Å². The van der Waals surface area contributed by atoms with Crippen LogP contribution in [0, 0.1) is 0 Å². The van der Waals surface area contributed by atoms with Crippen LogP contribution < -0.4 is 0 Å². The van der Waals surface area contributed by atoms with Crippen LogP contribution in [0.3, 0.4) is 0 Å². The van der Waals surface area contributed by atoms with Crippen molar-refractivity contribution < 1.29 is 0 Å². The summed E-state index contributed by atoms with van der Waals surface area (Å²) < 4.78 is 0. The van der Waals surface area contributed by atoms with Gasteiger partial charge >= 0.3 is 0 Å². The normalized spacial score (nSPS) is 14.6. The van der Waals surface area contributed by atoms with Crippen LogP contribution in [0.15, 0.2) is 60.9 Å². The van der Waals surface area contributed by atoms with E-state index in [4.69, 9.17) is 0 Å². The fourth-order valence-corrected chi connectivity index (χ4v) is 3.29. The molecule has 0 fully saturated rings. The van der Waals surface area contributed by atoms with Gasteiger partial charge in [-0.25, -0.2) is 9.97 Å². The molecule has 4 rings (SSSR count). The first kappa shape index (κ1) is 12.3. The minimum atomic E-state index is 0.0245. The molecule has 0 spiro atoms. The highest BCUT2D eigenvalue weighted by Gasteiger charge is 2.35. The summed E-state index contributed by atoms with van der Waals surface area (Å²) in [4.78, 5) is 8.72. The van der Waals surface area contributed by atoms with Gasteiger partial charge in [0.25, 0.3) is 0 Å². The van der Waals surface area contributed by atoms with Crippen molar-refractivity contribution in [1.29, 1.82) is 0 Å². The van der Waals surface area contributed by atoms with Gasteiger partial charge in [0.05, 0.1) is 0 Å². The van der Waals surface area contributed by atoms with Gasteiger partial charge in [-0.15, -0.1) is 0 Å². The first-order valence-electron chi connectivity index (χ1n) is 7.20. The first-order chi connectivity index (χ1) is 10.2. The number of nitrogens with zero attached hydrogens (tertiary/aromatic N) is 2. The van der Waals surface area contributed by atoms with Crippen LogP contribution >= 0.6 is 0 Å². The second kappa shape index (κ2) is 4.26. The Labute approximate surface area is 124 Å². The van der Waals surface area contributed by atoms with Crippen LogP contribution in [-0.2, 0) is 5.41 Å². The van der Waals surface area contributed by atoms with E-state index < -0.39 is 0 Å². The lowest BCUT2D eigenvalue weighted by molar-refractivity contribution is 0.660. The third-order valence-electron chi connectivity index (χ3n) is 4.41. The van der Waals surface area contributed by atoms with Gasteiger partial charge in [0.15, 0.2) is 5.82 Å². The number of benzene rings is 2. The van der Waals surface area contributed by atoms with Crippen molar-refractivity contribution >= 4 is 0 Å². The molecule has 0 saturated carbocycles. The molecule has 1 aliphatic carbocycles. The summed E-state index contributed by atoms with van der Waals surface area (Å²) in [5, 5.41) is 0. The van der Waals surface area contributed by atoms with Crippen LogP contribution in [0.5, 0.6) is 0 Å². The second-order valence-electron chi connectivity index (χ2n) is 6.00. The molecule has 2 heteroatoms. The van der Waals surface area contributed by atoms with Crippen LogP contribution in [-0.4, -0.2) is 9.97 Å². The molecule has 1 heterocycles. The highest BCUT2D eigenvalue weighted by molar-refractivity contribution is 5.82. The van der Waals surface area contributed by atoms with E-state index >= 15 is 0 Å². The molecule has 0 bridgehead atoms. The Balaban J connectivity index is 1.94. The highest BCUT2D eigenvalue weighted by Crippen LogP contribution is 2.49. The molecular weight excluding hydrogens is 256 g/mol. The third-order valence-corrected chi connectivity index (χ3v) is 4.41. The van der Waals surface area contributed by atoms with Gasteiger partial charge in [0.2, 0.25) is 0 Å². The molecule has 2 nitrogen and oxygen atoms in total. The standard InChI is InChI=1S/C19H16N2/c1-19(2)16-7-4-3-6-14(16)15-9-8-13(12-17(15)19)18-20-10-5-11-21-18/h3-12H,1-2H3. The summed E-state index contributed by atoms with van der Waals surface area (Å²) in [7, 11) is 0. The maximum atomic E-state index is 4.36. The SMILES string of the molecule is CC1(C)c2ccccc2-c2ccc(-c3ncccn3)cc21. The summed E-state index contributed by atoms with van der Waals surface area (Å²) in [6.45, 7) is 4.57. The van der Waals surface area contributed by atoms with E-state index in [1.165, 1.54) is 22.3 Å².